The molecule has 0 aliphatic rings. The van der Waals surface area contributed by atoms with E-state index in [4.69, 9.17) is 5.11 Å². The Morgan fingerprint density at radius 1 is 1.33 bits per heavy atom. The summed E-state index contributed by atoms with van der Waals surface area (Å²) < 4.78 is 61.2. The van der Waals surface area contributed by atoms with Crippen molar-refractivity contribution in [2.45, 2.75) is 19.0 Å². The summed E-state index contributed by atoms with van der Waals surface area (Å²) in [7, 11) is -3.90. The van der Waals surface area contributed by atoms with Gasteiger partial charge in [-0.2, -0.15) is 13.2 Å². The zero-order valence-electron chi connectivity index (χ0n) is 10.8. The van der Waals surface area contributed by atoms with Gasteiger partial charge < -0.3 is 5.11 Å². The van der Waals surface area contributed by atoms with Crippen LogP contribution in [0.3, 0.4) is 0 Å². The normalized spacial score (nSPS) is 11.6. The zero-order valence-corrected chi connectivity index (χ0v) is 11.6. The molecule has 0 spiro atoms. The number of nitrogens with one attached hydrogen (secondary N) is 1. The van der Waals surface area contributed by atoms with Crippen LogP contribution in [-0.4, -0.2) is 37.0 Å². The Kier molecular flexibility index (Phi) is 5.99. The van der Waals surface area contributed by atoms with Gasteiger partial charge in [-0.25, -0.2) is 13.4 Å². The third-order valence-corrected chi connectivity index (χ3v) is 3.52. The minimum absolute atomic E-state index is 0.0354. The fourth-order valence-corrected chi connectivity index (χ4v) is 2.42. The monoisotopic (exact) mass is 322 g/mol. The highest BCUT2D eigenvalue weighted by Gasteiger charge is 2.27. The summed E-state index contributed by atoms with van der Waals surface area (Å²) in [6.45, 7) is -0.366. The Morgan fingerprint density at radius 3 is 2.67 bits per heavy atom. The first-order valence-corrected chi connectivity index (χ1v) is 7.51. The van der Waals surface area contributed by atoms with Gasteiger partial charge in [-0.1, -0.05) is 12.0 Å². The van der Waals surface area contributed by atoms with E-state index < -0.39 is 34.8 Å². The van der Waals surface area contributed by atoms with Crippen molar-refractivity contribution in [1.29, 1.82) is 0 Å². The lowest BCUT2D eigenvalue weighted by atomic mass is 10.3. The van der Waals surface area contributed by atoms with Gasteiger partial charge >= 0.3 is 6.18 Å². The molecule has 0 saturated carbocycles. The lowest BCUT2D eigenvalue weighted by molar-refractivity contribution is -0.134. The number of aromatic nitrogens is 1. The van der Waals surface area contributed by atoms with Crippen molar-refractivity contribution in [3.05, 3.63) is 23.9 Å². The molecule has 1 heterocycles. The maximum atomic E-state index is 12.0. The minimum Gasteiger partial charge on any atom is -0.384 e. The highest BCUT2D eigenvalue weighted by atomic mass is 32.2. The molecule has 0 aromatic carbocycles. The highest BCUT2D eigenvalue weighted by molar-refractivity contribution is 7.92. The third-order valence-electron chi connectivity index (χ3n) is 2.18. The average molecular weight is 322 g/mol. The molecule has 0 fully saturated rings. The van der Waals surface area contributed by atoms with E-state index >= 15 is 0 Å². The molecule has 1 aromatic heterocycles. The lowest BCUT2D eigenvalue weighted by Gasteiger charge is -2.08. The van der Waals surface area contributed by atoms with E-state index in [1.807, 2.05) is 0 Å². The number of nitrogens with zero attached hydrogens (tertiary/aromatic N) is 1. The molecule has 0 aliphatic carbocycles. The van der Waals surface area contributed by atoms with Gasteiger partial charge in [0, 0.05) is 6.42 Å². The van der Waals surface area contributed by atoms with E-state index in [1.54, 1.807) is 0 Å². The Morgan fingerprint density at radius 2 is 2.05 bits per heavy atom. The van der Waals surface area contributed by atoms with Crippen molar-refractivity contribution >= 4 is 15.8 Å². The second-order valence-electron chi connectivity index (χ2n) is 4.01. The first kappa shape index (κ1) is 17.3. The molecule has 9 heteroatoms. The van der Waals surface area contributed by atoms with Crippen molar-refractivity contribution in [2.75, 3.05) is 17.1 Å². The standard InChI is InChI=1S/C12H13F3N2O3S/c13-12(14,15)7-3-9-21(19,20)17-11-6-1-4-10(16-11)5-2-8-18/h1,4,6,18H,3,7-9H2,(H,16,17). The van der Waals surface area contributed by atoms with Gasteiger partial charge in [0.25, 0.3) is 0 Å². The maximum absolute atomic E-state index is 12.0. The summed E-state index contributed by atoms with van der Waals surface area (Å²) in [6.07, 6.45) is -6.07. The number of hydrogen-bond acceptors (Lipinski definition) is 4. The lowest BCUT2D eigenvalue weighted by Crippen LogP contribution is -2.19. The Balaban J connectivity index is 2.67. The van der Waals surface area contributed by atoms with E-state index in [0.29, 0.717) is 0 Å². The molecule has 5 nitrogen and oxygen atoms in total. The Hall–Kier alpha value is -1.79. The molecule has 0 atom stereocenters. The molecule has 0 bridgehead atoms. The zero-order chi connectivity index (χ0) is 15.9. The minimum atomic E-state index is -4.38. The second kappa shape index (κ2) is 7.28. The number of rotatable bonds is 5. The van der Waals surface area contributed by atoms with Crippen LogP contribution in [0.4, 0.5) is 19.0 Å². The van der Waals surface area contributed by atoms with E-state index in [-0.39, 0.29) is 18.1 Å². The molecule has 0 saturated heterocycles. The number of halogens is 3. The molecule has 1 rings (SSSR count). The smallest absolute Gasteiger partial charge is 0.384 e. The number of aliphatic hydroxyl groups excluding tert-OH is 1. The van der Waals surface area contributed by atoms with Gasteiger partial charge in [0.15, 0.2) is 0 Å². The first-order valence-electron chi connectivity index (χ1n) is 5.86. The summed E-state index contributed by atoms with van der Waals surface area (Å²) in [6, 6.07) is 4.34. The van der Waals surface area contributed by atoms with Crippen molar-refractivity contribution in [2.24, 2.45) is 0 Å². The molecule has 116 valence electrons. The largest absolute Gasteiger partial charge is 0.389 e. The van der Waals surface area contributed by atoms with Crippen LogP contribution in [0.1, 0.15) is 18.5 Å². The van der Waals surface area contributed by atoms with Crippen LogP contribution < -0.4 is 4.72 Å². The summed E-state index contributed by atoms with van der Waals surface area (Å²) in [5.74, 6) is 4.15. The number of anilines is 1. The van der Waals surface area contributed by atoms with Crippen molar-refractivity contribution in [1.82, 2.24) is 4.98 Å². The van der Waals surface area contributed by atoms with Gasteiger partial charge in [-0.05, 0) is 24.5 Å². The van der Waals surface area contributed by atoms with Crippen LogP contribution >= 0.6 is 0 Å². The molecular formula is C12H13F3N2O3S. The summed E-state index contributed by atoms with van der Waals surface area (Å²) in [5.41, 5.74) is 0.236. The van der Waals surface area contributed by atoms with Gasteiger partial charge in [0.05, 0.1) is 5.75 Å². The fraction of sp³-hybridized carbons (Fsp3) is 0.417. The van der Waals surface area contributed by atoms with Crippen molar-refractivity contribution in [3.63, 3.8) is 0 Å². The van der Waals surface area contributed by atoms with Gasteiger partial charge in [0.2, 0.25) is 10.0 Å². The fourth-order valence-electron chi connectivity index (χ4n) is 1.36. The van der Waals surface area contributed by atoms with E-state index in [2.05, 4.69) is 21.5 Å². The molecule has 0 aliphatic heterocycles. The van der Waals surface area contributed by atoms with Gasteiger partial charge in [0.1, 0.15) is 18.1 Å². The maximum Gasteiger partial charge on any atom is 0.389 e. The first-order chi connectivity index (χ1) is 9.72. The SMILES string of the molecule is O=S(=O)(CCCC(F)(F)F)Nc1cccc(C#CCO)n1. The number of pyridine rings is 1. The number of hydrogen-bond donors (Lipinski definition) is 2. The number of aliphatic hydroxyl groups is 1. The van der Waals surface area contributed by atoms with Crippen LogP contribution in [-0.2, 0) is 10.0 Å². The number of sulfonamides is 1. The Labute approximate surface area is 120 Å². The predicted molar refractivity (Wildman–Crippen MR) is 70.9 cm³/mol. The summed E-state index contributed by atoms with van der Waals surface area (Å²) in [4.78, 5) is 3.86. The Bertz CT molecular complexity index is 633. The number of alkyl halides is 3. The topological polar surface area (TPSA) is 79.3 Å². The second-order valence-corrected chi connectivity index (χ2v) is 5.85. The molecule has 2 N–H and O–H groups in total. The molecule has 21 heavy (non-hydrogen) atoms. The third kappa shape index (κ3) is 7.53. The molecule has 1 aromatic rings. The summed E-state index contributed by atoms with van der Waals surface area (Å²) in [5, 5.41) is 8.54. The average Bonchev–Trinajstić information content (AvgIpc) is 2.34. The molecule has 0 unspecified atom stereocenters. The van der Waals surface area contributed by atoms with Crippen molar-refractivity contribution < 1.29 is 26.7 Å². The van der Waals surface area contributed by atoms with Crippen LogP contribution in [0.25, 0.3) is 0 Å². The van der Waals surface area contributed by atoms with Crippen LogP contribution in [0.2, 0.25) is 0 Å². The van der Waals surface area contributed by atoms with E-state index in [0.717, 1.165) is 0 Å². The van der Waals surface area contributed by atoms with E-state index in [1.165, 1.54) is 18.2 Å². The van der Waals surface area contributed by atoms with E-state index in [9.17, 15) is 21.6 Å². The van der Waals surface area contributed by atoms with Crippen LogP contribution in [0.5, 0.6) is 0 Å². The van der Waals surface area contributed by atoms with Crippen LogP contribution in [0.15, 0.2) is 18.2 Å². The predicted octanol–water partition coefficient (Wildman–Crippen LogP) is 1.51. The highest BCUT2D eigenvalue weighted by Crippen LogP contribution is 2.21. The van der Waals surface area contributed by atoms with Crippen molar-refractivity contribution in [3.8, 4) is 11.8 Å². The quantitative estimate of drug-likeness (QED) is 0.806. The molecular weight excluding hydrogens is 309 g/mol. The molecule has 0 radical (unpaired) electrons. The molecule has 0 amide bonds. The van der Waals surface area contributed by atoms with Gasteiger partial charge in [-0.3, -0.25) is 4.72 Å². The van der Waals surface area contributed by atoms with Gasteiger partial charge in [-0.15, -0.1) is 0 Å². The summed E-state index contributed by atoms with van der Waals surface area (Å²) >= 11 is 0. The van der Waals surface area contributed by atoms with Crippen LogP contribution in [0, 0.1) is 11.8 Å².